The molecule has 2 aromatic carbocycles. The number of Topliss-reactive ketones (excluding diaryl/α,β-unsaturated/α-hetero) is 1. The van der Waals surface area contributed by atoms with Gasteiger partial charge in [0.25, 0.3) is 5.91 Å². The van der Waals surface area contributed by atoms with Crippen molar-refractivity contribution in [1.29, 1.82) is 0 Å². The maximum Gasteiger partial charge on any atom is 0.341 e. The Balaban J connectivity index is 0.000000330. The molecule has 256 valence electrons. The number of methoxy groups -OCH3 is 2. The number of aryl methyl sites for hydroxylation is 2. The number of carboxylic acids is 2. The molecule has 0 spiro atoms. The Bertz CT molecular complexity index is 1440. The van der Waals surface area contributed by atoms with Crippen LogP contribution >= 0.6 is 0 Å². The molecule has 1 fully saturated rings. The van der Waals surface area contributed by atoms with E-state index in [0.29, 0.717) is 42.7 Å². The number of halogens is 1. The number of aliphatic carboxylic acids is 2. The van der Waals surface area contributed by atoms with Crippen LogP contribution in [0, 0.1) is 11.2 Å². The largest absolute Gasteiger partial charge is 0.493 e. The van der Waals surface area contributed by atoms with Gasteiger partial charge in [-0.05, 0) is 81.7 Å². The molecule has 47 heavy (non-hydrogen) atoms. The van der Waals surface area contributed by atoms with Crippen LogP contribution in [-0.4, -0.2) is 84.7 Å². The molecule has 3 rings (SSSR count). The minimum Gasteiger partial charge on any atom is -0.493 e. The van der Waals surface area contributed by atoms with Crippen molar-refractivity contribution in [2.24, 2.45) is 5.41 Å². The number of carbonyl (C=O) groups excluding carboxylic acids is 3. The molecular weight excluding hydrogens is 617 g/mol. The van der Waals surface area contributed by atoms with Gasteiger partial charge in [0.2, 0.25) is 5.78 Å². The smallest absolute Gasteiger partial charge is 0.341 e. The predicted octanol–water partition coefficient (Wildman–Crippen LogP) is 4.26. The van der Waals surface area contributed by atoms with Gasteiger partial charge in [0.1, 0.15) is 12.6 Å². The molecule has 13 heteroatoms. The van der Waals surface area contributed by atoms with Crippen molar-refractivity contribution in [3.63, 3.8) is 0 Å². The zero-order chi connectivity index (χ0) is 35.1. The first kappa shape index (κ1) is 38.2. The minimum absolute atomic E-state index is 0.0361. The molecule has 1 saturated heterocycles. The highest BCUT2D eigenvalue weighted by Crippen LogP contribution is 2.29. The van der Waals surface area contributed by atoms with Crippen LogP contribution in [0.25, 0.3) is 0 Å². The van der Waals surface area contributed by atoms with Crippen molar-refractivity contribution >= 4 is 29.6 Å². The Morgan fingerprint density at radius 3 is 2.32 bits per heavy atom. The maximum atomic E-state index is 14.3. The van der Waals surface area contributed by atoms with E-state index in [1.165, 1.54) is 19.9 Å². The lowest BCUT2D eigenvalue weighted by Gasteiger charge is -2.34. The van der Waals surface area contributed by atoms with E-state index in [1.807, 2.05) is 18.2 Å². The Morgan fingerprint density at radius 2 is 1.70 bits per heavy atom. The summed E-state index contributed by atoms with van der Waals surface area (Å²) >= 11 is 0. The fraction of sp³-hybridized carbons (Fsp3) is 0.441. The third-order valence-electron chi connectivity index (χ3n) is 7.35. The van der Waals surface area contributed by atoms with Crippen LogP contribution in [-0.2, 0) is 41.6 Å². The second kappa shape index (κ2) is 18.3. The molecule has 2 aromatic rings. The van der Waals surface area contributed by atoms with E-state index in [1.54, 1.807) is 26.4 Å². The molecule has 0 aliphatic carbocycles. The number of likely N-dealkylation sites (tertiary alicyclic amines) is 1. The quantitative estimate of drug-likeness (QED) is 0.159. The Hall–Kier alpha value is -4.94. The van der Waals surface area contributed by atoms with Crippen LogP contribution in [0.1, 0.15) is 50.7 Å². The molecule has 2 N–H and O–H groups in total. The molecule has 1 heterocycles. The molecule has 1 aliphatic heterocycles. The fourth-order valence-electron chi connectivity index (χ4n) is 4.75. The van der Waals surface area contributed by atoms with E-state index in [2.05, 4.69) is 6.58 Å². The maximum absolute atomic E-state index is 14.3. The molecule has 0 radical (unpaired) electrons. The predicted molar refractivity (Wildman–Crippen MR) is 168 cm³/mol. The number of hydrogen-bond acceptors (Lipinski definition) is 9. The van der Waals surface area contributed by atoms with Crippen molar-refractivity contribution in [2.75, 3.05) is 34.0 Å². The van der Waals surface area contributed by atoms with Gasteiger partial charge in [-0.2, -0.15) is 0 Å². The van der Waals surface area contributed by atoms with E-state index in [-0.39, 0.29) is 18.9 Å². The lowest BCUT2D eigenvalue weighted by molar-refractivity contribution is -0.159. The average molecular weight is 660 g/mol. The lowest BCUT2D eigenvalue weighted by Crippen LogP contribution is -2.53. The molecule has 0 aromatic heterocycles. The van der Waals surface area contributed by atoms with Gasteiger partial charge < -0.3 is 34.1 Å². The Kier molecular flexibility index (Phi) is 14.9. The molecule has 1 amide bonds. The van der Waals surface area contributed by atoms with Crippen LogP contribution in [0.3, 0.4) is 0 Å². The summed E-state index contributed by atoms with van der Waals surface area (Å²) in [7, 11) is 3.17. The van der Waals surface area contributed by atoms with Gasteiger partial charge >= 0.3 is 17.9 Å². The first-order valence-electron chi connectivity index (χ1n) is 15.0. The molecule has 12 nitrogen and oxygen atoms in total. The number of piperidine rings is 1. The summed E-state index contributed by atoms with van der Waals surface area (Å²) in [6.45, 7) is 5.60. The molecular formula is C34H42FNO11. The highest BCUT2D eigenvalue weighted by Gasteiger charge is 2.41. The van der Waals surface area contributed by atoms with Gasteiger partial charge in [-0.1, -0.05) is 24.8 Å². The number of carbonyl (C=O) groups is 5. The monoisotopic (exact) mass is 659 g/mol. The number of esters is 1. The SMILES string of the molecule is C=CC(=O)OCC(C)(C)C(=O)C(=O)N1CCCCC1C(=O)O.COc1ccc(CCCc2cccc(OCC(=O)O)c2F)cc1OC. The van der Waals surface area contributed by atoms with Crippen molar-refractivity contribution < 1.29 is 57.5 Å². The van der Waals surface area contributed by atoms with Crippen LogP contribution in [0.4, 0.5) is 4.39 Å². The lowest BCUT2D eigenvalue weighted by atomic mass is 9.87. The van der Waals surface area contributed by atoms with Crippen LogP contribution < -0.4 is 14.2 Å². The third-order valence-corrected chi connectivity index (χ3v) is 7.35. The van der Waals surface area contributed by atoms with Gasteiger partial charge in [0.05, 0.1) is 19.6 Å². The summed E-state index contributed by atoms with van der Waals surface area (Å²) in [6, 6.07) is 9.48. The standard InChI is InChI=1S/C19H21FO5.C15H21NO6/c1-23-15-10-9-13(11-17(15)24-2)5-3-6-14-7-4-8-16(19(14)20)25-12-18(21)22;1-4-11(17)22-9-15(2,3)12(18)13(19)16-8-6-5-7-10(16)14(20)21/h4,7-11H,3,5-6,12H2,1-2H3,(H,21,22);4,10H,1,5-9H2,2-3H3,(H,20,21). The highest BCUT2D eigenvalue weighted by atomic mass is 19.1. The van der Waals surface area contributed by atoms with Gasteiger partial charge in [-0.15, -0.1) is 0 Å². The summed E-state index contributed by atoms with van der Waals surface area (Å²) in [6.07, 6.45) is 4.66. The number of nitrogens with zero attached hydrogens (tertiary/aromatic N) is 1. The number of amides is 1. The number of benzene rings is 2. The van der Waals surface area contributed by atoms with E-state index in [4.69, 9.17) is 29.2 Å². The molecule has 0 bridgehead atoms. The van der Waals surface area contributed by atoms with E-state index < -0.39 is 53.5 Å². The normalized spacial score (nSPS) is 14.1. The van der Waals surface area contributed by atoms with Gasteiger partial charge in [-0.25, -0.2) is 18.8 Å². The molecule has 1 aliphatic rings. The summed E-state index contributed by atoms with van der Waals surface area (Å²) < 4.78 is 34.6. The summed E-state index contributed by atoms with van der Waals surface area (Å²) in [4.78, 5) is 58.6. The summed E-state index contributed by atoms with van der Waals surface area (Å²) in [5, 5.41) is 17.8. The number of carboxylic acid groups (broad SMARTS) is 2. The second-order valence-electron chi connectivity index (χ2n) is 11.3. The topological polar surface area (TPSA) is 166 Å². The van der Waals surface area contributed by atoms with Crippen LogP contribution in [0.2, 0.25) is 0 Å². The first-order chi connectivity index (χ1) is 22.2. The van der Waals surface area contributed by atoms with Gasteiger partial charge in [0.15, 0.2) is 29.7 Å². The Labute approximate surface area is 273 Å². The number of ether oxygens (including phenoxy) is 4. The van der Waals surface area contributed by atoms with Crippen molar-refractivity contribution in [3.05, 3.63) is 66.0 Å². The molecule has 1 atom stereocenters. The van der Waals surface area contributed by atoms with Crippen molar-refractivity contribution in [2.45, 2.75) is 58.4 Å². The second-order valence-corrected chi connectivity index (χ2v) is 11.3. The van der Waals surface area contributed by atoms with Crippen molar-refractivity contribution in [3.8, 4) is 17.2 Å². The Morgan fingerprint density at radius 1 is 1.00 bits per heavy atom. The average Bonchev–Trinajstić information content (AvgIpc) is 3.06. The van der Waals surface area contributed by atoms with E-state index in [9.17, 15) is 28.4 Å². The van der Waals surface area contributed by atoms with Crippen LogP contribution in [0.5, 0.6) is 17.2 Å². The number of hydrogen-bond donors (Lipinski definition) is 2. The number of ketones is 1. The minimum atomic E-state index is -1.23. The zero-order valence-electron chi connectivity index (χ0n) is 27.1. The van der Waals surface area contributed by atoms with E-state index in [0.717, 1.165) is 29.4 Å². The first-order valence-corrected chi connectivity index (χ1v) is 15.0. The third kappa shape index (κ3) is 11.4. The van der Waals surface area contributed by atoms with E-state index >= 15 is 0 Å². The van der Waals surface area contributed by atoms with Crippen LogP contribution in [0.15, 0.2) is 49.1 Å². The summed E-state index contributed by atoms with van der Waals surface area (Å²) in [5.41, 5.74) is 0.343. The number of rotatable bonds is 15. The van der Waals surface area contributed by atoms with Crippen molar-refractivity contribution in [1.82, 2.24) is 4.90 Å². The highest BCUT2D eigenvalue weighted by molar-refractivity contribution is 6.38. The van der Waals surface area contributed by atoms with Gasteiger partial charge in [-0.3, -0.25) is 9.59 Å². The molecule has 1 unspecified atom stereocenters. The molecule has 0 saturated carbocycles. The summed E-state index contributed by atoms with van der Waals surface area (Å²) in [5.74, 6) is -3.76. The zero-order valence-corrected chi connectivity index (χ0v) is 27.1. The fourth-order valence-corrected chi connectivity index (χ4v) is 4.75. The van der Waals surface area contributed by atoms with Gasteiger partial charge in [0, 0.05) is 12.6 Å².